The van der Waals surface area contributed by atoms with Gasteiger partial charge in [-0.2, -0.15) is 30.4 Å². The van der Waals surface area contributed by atoms with Crippen molar-refractivity contribution in [3.8, 4) is 0 Å². The third-order valence-electron chi connectivity index (χ3n) is 3.81. The van der Waals surface area contributed by atoms with E-state index < -0.39 is 51.6 Å². The average Bonchev–Trinajstić information content (AvgIpc) is 2.50. The second kappa shape index (κ2) is 8.09. The van der Waals surface area contributed by atoms with E-state index in [0.29, 0.717) is 0 Å². The highest BCUT2D eigenvalue weighted by Crippen LogP contribution is 2.39. The van der Waals surface area contributed by atoms with Gasteiger partial charge < -0.3 is 9.47 Å². The number of esters is 2. The SMILES string of the molecule is C=C(C)C(=O)OC1CCC(C(=O)OC(C(F)(F)F)C(F)(F)S(=O)(=O)O)CC1. The maximum Gasteiger partial charge on any atom is 0.432 e. The van der Waals surface area contributed by atoms with Crippen LogP contribution in [0.2, 0.25) is 0 Å². The lowest BCUT2D eigenvalue weighted by molar-refractivity contribution is -0.261. The van der Waals surface area contributed by atoms with Crippen LogP contribution in [0.4, 0.5) is 22.0 Å². The Kier molecular flexibility index (Phi) is 6.97. The highest BCUT2D eigenvalue weighted by atomic mass is 32.2. The van der Waals surface area contributed by atoms with E-state index in [-0.39, 0.29) is 31.3 Å². The van der Waals surface area contributed by atoms with Gasteiger partial charge >= 0.3 is 33.5 Å². The number of carbonyl (C=O) groups is 2. The van der Waals surface area contributed by atoms with Gasteiger partial charge in [-0.1, -0.05) is 6.58 Å². The van der Waals surface area contributed by atoms with E-state index in [9.17, 15) is 40.0 Å². The largest absolute Gasteiger partial charge is 0.459 e. The van der Waals surface area contributed by atoms with Crippen molar-refractivity contribution in [1.82, 2.24) is 0 Å². The van der Waals surface area contributed by atoms with Crippen LogP contribution in [0.1, 0.15) is 32.6 Å². The molecule has 1 unspecified atom stereocenters. The standard InChI is InChI=1S/C14H17F5O7S/c1-7(2)10(20)25-9-5-3-8(4-6-9)11(21)26-12(13(15,16)17)14(18,19)27(22,23)24/h8-9,12H,1,3-6H2,2H3,(H,22,23,24). The minimum Gasteiger partial charge on any atom is -0.459 e. The summed E-state index contributed by atoms with van der Waals surface area (Å²) in [5.74, 6) is -3.61. The van der Waals surface area contributed by atoms with Gasteiger partial charge in [0.1, 0.15) is 6.10 Å². The number of ether oxygens (including phenoxy) is 2. The monoisotopic (exact) mass is 424 g/mol. The van der Waals surface area contributed by atoms with Gasteiger partial charge in [-0.3, -0.25) is 9.35 Å². The van der Waals surface area contributed by atoms with Crippen molar-refractivity contribution in [3.05, 3.63) is 12.2 Å². The molecular weight excluding hydrogens is 407 g/mol. The van der Waals surface area contributed by atoms with Crippen molar-refractivity contribution in [1.29, 1.82) is 0 Å². The van der Waals surface area contributed by atoms with E-state index >= 15 is 0 Å². The minimum absolute atomic E-state index is 0.0597. The molecule has 0 aromatic carbocycles. The molecule has 0 aromatic rings. The second-order valence-corrected chi connectivity index (χ2v) is 7.55. The molecule has 1 atom stereocenters. The number of alkyl halides is 5. The van der Waals surface area contributed by atoms with E-state index in [0.717, 1.165) is 0 Å². The fourth-order valence-electron chi connectivity index (χ4n) is 2.34. The summed E-state index contributed by atoms with van der Waals surface area (Å²) in [6.07, 6.45) is -11.1. The second-order valence-electron chi connectivity index (χ2n) is 6.05. The maximum absolute atomic E-state index is 13.4. The molecule has 27 heavy (non-hydrogen) atoms. The number of hydrogen-bond acceptors (Lipinski definition) is 6. The quantitative estimate of drug-likeness (QED) is 0.302. The third kappa shape index (κ3) is 5.86. The molecule has 7 nitrogen and oxygen atoms in total. The number of hydrogen-bond donors (Lipinski definition) is 1. The molecule has 1 fully saturated rings. The molecule has 1 saturated carbocycles. The first-order valence-electron chi connectivity index (χ1n) is 7.56. The summed E-state index contributed by atoms with van der Waals surface area (Å²) >= 11 is 0. The Labute approximate surface area is 151 Å². The first kappa shape index (κ1) is 23.3. The lowest BCUT2D eigenvalue weighted by Gasteiger charge is -2.30. The summed E-state index contributed by atoms with van der Waals surface area (Å²) in [7, 11) is -6.49. The molecule has 1 N–H and O–H groups in total. The molecule has 0 spiro atoms. The van der Waals surface area contributed by atoms with Gasteiger partial charge in [0.15, 0.2) is 0 Å². The molecule has 0 amide bonds. The molecule has 0 aromatic heterocycles. The molecular formula is C14H17F5O7S. The highest BCUT2D eigenvalue weighted by Gasteiger charge is 2.66. The van der Waals surface area contributed by atoms with E-state index in [1.165, 1.54) is 6.92 Å². The van der Waals surface area contributed by atoms with Gasteiger partial charge in [-0.05, 0) is 32.6 Å². The Morgan fingerprint density at radius 2 is 1.59 bits per heavy atom. The zero-order chi connectivity index (χ0) is 21.2. The van der Waals surface area contributed by atoms with Gasteiger partial charge in [0.2, 0.25) is 0 Å². The van der Waals surface area contributed by atoms with Gasteiger partial charge in [-0.15, -0.1) is 0 Å². The van der Waals surface area contributed by atoms with Crippen LogP contribution in [0, 0.1) is 5.92 Å². The van der Waals surface area contributed by atoms with E-state index in [1.54, 1.807) is 0 Å². The van der Waals surface area contributed by atoms with E-state index in [1.807, 2.05) is 0 Å². The fraction of sp³-hybridized carbons (Fsp3) is 0.714. The van der Waals surface area contributed by atoms with Crippen LogP contribution < -0.4 is 0 Å². The zero-order valence-corrected chi connectivity index (χ0v) is 14.8. The molecule has 0 radical (unpaired) electrons. The molecule has 1 aliphatic carbocycles. The molecule has 156 valence electrons. The topological polar surface area (TPSA) is 107 Å². The third-order valence-corrected chi connectivity index (χ3v) is 4.71. The van der Waals surface area contributed by atoms with Crippen molar-refractivity contribution >= 4 is 22.1 Å². The molecule has 13 heteroatoms. The van der Waals surface area contributed by atoms with Crippen molar-refractivity contribution in [3.63, 3.8) is 0 Å². The molecule has 0 heterocycles. The maximum atomic E-state index is 13.4. The molecule has 0 aliphatic heterocycles. The average molecular weight is 424 g/mol. The van der Waals surface area contributed by atoms with Gasteiger partial charge in [0.25, 0.3) is 6.10 Å². The Bertz CT molecular complexity index is 693. The Balaban J connectivity index is 2.79. The molecule has 1 rings (SSSR count). The van der Waals surface area contributed by atoms with E-state index in [4.69, 9.17) is 9.29 Å². The smallest absolute Gasteiger partial charge is 0.432 e. The first-order chi connectivity index (χ1) is 12.1. The minimum atomic E-state index is -6.49. The summed E-state index contributed by atoms with van der Waals surface area (Å²) in [6.45, 7) is 4.77. The Morgan fingerprint density at radius 3 is 1.96 bits per heavy atom. The molecule has 0 saturated heterocycles. The summed E-state index contributed by atoms with van der Waals surface area (Å²) in [5.41, 5.74) is 0.122. The van der Waals surface area contributed by atoms with Crippen LogP contribution in [-0.4, -0.2) is 48.5 Å². The Morgan fingerprint density at radius 1 is 1.11 bits per heavy atom. The summed E-state index contributed by atoms with van der Waals surface area (Å²) in [6, 6.07) is 0. The predicted molar refractivity (Wildman–Crippen MR) is 79.1 cm³/mol. The van der Waals surface area contributed by atoms with Crippen LogP contribution in [0.25, 0.3) is 0 Å². The van der Waals surface area contributed by atoms with Crippen molar-refractivity contribution in [2.24, 2.45) is 5.92 Å². The predicted octanol–water partition coefficient (Wildman–Crippen LogP) is 2.62. The van der Waals surface area contributed by atoms with Crippen molar-refractivity contribution < 1.29 is 54.0 Å². The van der Waals surface area contributed by atoms with Crippen LogP contribution in [-0.2, 0) is 29.2 Å². The first-order valence-corrected chi connectivity index (χ1v) is 9.00. The van der Waals surface area contributed by atoms with E-state index in [2.05, 4.69) is 11.3 Å². The summed E-state index contributed by atoms with van der Waals surface area (Å²) < 4.78 is 103. The Hall–Kier alpha value is -1.76. The highest BCUT2D eigenvalue weighted by molar-refractivity contribution is 7.86. The normalized spacial score (nSPS) is 22.6. The molecule has 0 bridgehead atoms. The van der Waals surface area contributed by atoms with Crippen LogP contribution in [0.5, 0.6) is 0 Å². The number of rotatable bonds is 6. The zero-order valence-electron chi connectivity index (χ0n) is 14.0. The van der Waals surface area contributed by atoms with Gasteiger partial charge in [0.05, 0.1) is 5.92 Å². The fourth-order valence-corrected chi connectivity index (χ4v) is 2.79. The lowest BCUT2D eigenvalue weighted by atomic mass is 9.87. The van der Waals surface area contributed by atoms with Crippen LogP contribution in [0.15, 0.2) is 12.2 Å². The summed E-state index contributed by atoms with van der Waals surface area (Å²) in [5, 5.41) is -5.77. The number of halogens is 5. The van der Waals surface area contributed by atoms with Crippen molar-refractivity contribution in [2.75, 3.05) is 0 Å². The van der Waals surface area contributed by atoms with Gasteiger partial charge in [0, 0.05) is 5.57 Å². The van der Waals surface area contributed by atoms with Gasteiger partial charge in [-0.25, -0.2) is 4.79 Å². The van der Waals surface area contributed by atoms with Crippen molar-refractivity contribution in [2.45, 2.75) is 56.2 Å². The summed E-state index contributed by atoms with van der Waals surface area (Å²) in [4.78, 5) is 23.2. The van der Waals surface area contributed by atoms with Crippen LogP contribution >= 0.6 is 0 Å². The van der Waals surface area contributed by atoms with Crippen LogP contribution in [0.3, 0.4) is 0 Å². The molecule has 1 aliphatic rings. The number of carbonyl (C=O) groups excluding carboxylic acids is 2. The lowest BCUT2D eigenvalue weighted by Crippen LogP contribution is -2.52.